The van der Waals surface area contributed by atoms with Crippen molar-refractivity contribution in [2.24, 2.45) is 0 Å². The van der Waals surface area contributed by atoms with E-state index >= 15 is 0 Å². The van der Waals surface area contributed by atoms with Gasteiger partial charge in [-0.2, -0.15) is 0 Å². The van der Waals surface area contributed by atoms with Crippen LogP contribution >= 0.6 is 0 Å². The summed E-state index contributed by atoms with van der Waals surface area (Å²) in [4.78, 5) is 10.3. The molecule has 0 radical (unpaired) electrons. The van der Waals surface area contributed by atoms with Crippen molar-refractivity contribution >= 4 is 27.0 Å². The summed E-state index contributed by atoms with van der Waals surface area (Å²) in [6, 6.07) is 4.68. The Morgan fingerprint density at radius 3 is 1.47 bits per heavy atom. The zero-order valence-electron chi connectivity index (χ0n) is 18.9. The number of nitrogens with zero attached hydrogens (tertiary/aromatic N) is 2. The molecule has 5 heterocycles. The maximum absolute atomic E-state index is 6.25. The SMILES string of the molecule is C[Si]1(C)OCc2cc3nc(c21)CCCCc1cc2c(c(n1)CCCC3)[Si](C)(C)OC2. The molecular weight excluding hydrogens is 404 g/mol. The van der Waals surface area contributed by atoms with Crippen LogP contribution in [-0.2, 0) is 47.7 Å². The average molecular weight is 439 g/mol. The van der Waals surface area contributed by atoms with Crippen LogP contribution < -0.4 is 10.4 Å². The zero-order valence-corrected chi connectivity index (χ0v) is 20.9. The summed E-state index contributed by atoms with van der Waals surface area (Å²) in [6.45, 7) is 10.9. The van der Waals surface area contributed by atoms with Crippen molar-refractivity contribution in [3.05, 3.63) is 46.0 Å². The van der Waals surface area contributed by atoms with E-state index in [2.05, 4.69) is 38.3 Å². The number of aryl methyl sites for hydroxylation is 4. The highest BCUT2D eigenvalue weighted by Gasteiger charge is 2.38. The van der Waals surface area contributed by atoms with Gasteiger partial charge in [-0.1, -0.05) is 0 Å². The molecule has 4 nitrogen and oxygen atoms in total. The first-order valence-electron chi connectivity index (χ1n) is 11.7. The second-order valence-corrected chi connectivity index (χ2v) is 17.8. The van der Waals surface area contributed by atoms with Gasteiger partial charge in [-0.25, -0.2) is 0 Å². The van der Waals surface area contributed by atoms with E-state index in [1.54, 1.807) is 0 Å². The molecule has 3 aliphatic heterocycles. The predicted octanol–water partition coefficient (Wildman–Crippen LogP) is 3.81. The van der Waals surface area contributed by atoms with Crippen molar-refractivity contribution in [1.82, 2.24) is 9.97 Å². The molecule has 0 aliphatic carbocycles. The number of rotatable bonds is 0. The number of aromatic nitrogens is 2. The Bertz CT molecular complexity index is 908. The lowest BCUT2D eigenvalue weighted by Crippen LogP contribution is -2.43. The first-order chi connectivity index (χ1) is 14.3. The molecule has 0 amide bonds. The van der Waals surface area contributed by atoms with Gasteiger partial charge in [0.2, 0.25) is 16.6 Å². The second-order valence-electron chi connectivity index (χ2n) is 10.2. The molecule has 0 N–H and O–H groups in total. The molecule has 3 aliphatic rings. The molecular formula is C24H34N2O2Si2. The van der Waals surface area contributed by atoms with Gasteiger partial charge in [0, 0.05) is 22.8 Å². The van der Waals surface area contributed by atoms with Crippen molar-refractivity contribution < 1.29 is 8.85 Å². The molecule has 6 heteroatoms. The van der Waals surface area contributed by atoms with Gasteiger partial charge in [0.15, 0.2) is 0 Å². The summed E-state index contributed by atoms with van der Waals surface area (Å²) in [6.07, 6.45) is 8.90. The van der Waals surface area contributed by atoms with Gasteiger partial charge < -0.3 is 8.85 Å². The van der Waals surface area contributed by atoms with Crippen molar-refractivity contribution in [2.45, 2.75) is 90.8 Å². The number of hydrogen-bond donors (Lipinski definition) is 0. The van der Waals surface area contributed by atoms with Crippen LogP contribution in [0.3, 0.4) is 0 Å². The molecule has 0 spiro atoms. The Morgan fingerprint density at radius 1 is 0.633 bits per heavy atom. The topological polar surface area (TPSA) is 44.2 Å². The summed E-state index contributed by atoms with van der Waals surface area (Å²) in [5.74, 6) is 0. The van der Waals surface area contributed by atoms with Crippen LogP contribution in [0.5, 0.6) is 0 Å². The van der Waals surface area contributed by atoms with Crippen LogP contribution in [-0.4, -0.2) is 26.6 Å². The van der Waals surface area contributed by atoms with Gasteiger partial charge in [-0.3, -0.25) is 9.97 Å². The van der Waals surface area contributed by atoms with E-state index in [0.29, 0.717) is 0 Å². The monoisotopic (exact) mass is 438 g/mol. The van der Waals surface area contributed by atoms with Crippen LogP contribution in [0.2, 0.25) is 26.2 Å². The van der Waals surface area contributed by atoms with E-state index in [1.807, 2.05) is 0 Å². The molecule has 0 saturated heterocycles. The summed E-state index contributed by atoms with van der Waals surface area (Å²) in [7, 11) is -3.57. The lowest BCUT2D eigenvalue weighted by Gasteiger charge is -2.20. The third-order valence-corrected chi connectivity index (χ3v) is 12.4. The number of fused-ring (bicyclic) bond motifs is 8. The Hall–Kier alpha value is -1.35. The standard InChI is InChI=1S/C24H34N2O2Si2/c1-29(2)23-17(15-27-29)13-19-9-6-8-12-22-24-18(16-28-30(24,3)4)14-20(26-22)10-5-7-11-21(23)25-19/h13-14H,5-12,15-16H2,1-4H3. The minimum atomic E-state index is -1.78. The van der Waals surface area contributed by atoms with E-state index in [-0.39, 0.29) is 0 Å². The van der Waals surface area contributed by atoms with Gasteiger partial charge >= 0.3 is 0 Å². The fourth-order valence-corrected chi connectivity index (χ4v) is 10.5. The van der Waals surface area contributed by atoms with Crippen LogP contribution in [0.15, 0.2) is 12.1 Å². The highest BCUT2D eigenvalue weighted by molar-refractivity contribution is 6.86. The van der Waals surface area contributed by atoms with Crippen LogP contribution in [0.25, 0.3) is 0 Å². The zero-order chi connectivity index (χ0) is 20.9. The van der Waals surface area contributed by atoms with E-state index in [1.165, 1.54) is 44.3 Å². The maximum atomic E-state index is 6.25. The first-order valence-corrected chi connectivity index (χ1v) is 17.5. The quantitative estimate of drug-likeness (QED) is 0.587. The fourth-order valence-electron chi connectivity index (χ4n) is 5.61. The van der Waals surface area contributed by atoms with E-state index in [9.17, 15) is 0 Å². The maximum Gasteiger partial charge on any atom is 0.220 e. The minimum absolute atomic E-state index is 0.789. The Kier molecular flexibility index (Phi) is 5.25. The van der Waals surface area contributed by atoms with Gasteiger partial charge in [-0.05, 0) is 111 Å². The molecule has 0 fully saturated rings. The summed E-state index contributed by atoms with van der Waals surface area (Å²) >= 11 is 0. The third kappa shape index (κ3) is 3.72. The number of pyridine rings is 2. The Labute approximate surface area is 182 Å². The normalized spacial score (nSPS) is 22.3. The highest BCUT2D eigenvalue weighted by Crippen LogP contribution is 2.26. The Morgan fingerprint density at radius 2 is 1.03 bits per heavy atom. The summed E-state index contributed by atoms with van der Waals surface area (Å²) in [5, 5.41) is 2.97. The third-order valence-electron chi connectivity index (χ3n) is 7.03. The molecule has 2 aromatic rings. The van der Waals surface area contributed by atoms with Crippen LogP contribution in [0, 0.1) is 0 Å². The lowest BCUT2D eigenvalue weighted by atomic mass is 10.0. The van der Waals surface area contributed by atoms with Crippen molar-refractivity contribution in [1.29, 1.82) is 0 Å². The summed E-state index contributed by atoms with van der Waals surface area (Å²) < 4.78 is 12.5. The molecule has 30 heavy (non-hydrogen) atoms. The minimum Gasteiger partial charge on any atom is -0.409 e. The van der Waals surface area contributed by atoms with Crippen molar-refractivity contribution in [3.8, 4) is 0 Å². The summed E-state index contributed by atoms with van der Waals surface area (Å²) in [5.41, 5.74) is 8.04. The largest absolute Gasteiger partial charge is 0.409 e. The molecule has 4 bridgehead atoms. The predicted molar refractivity (Wildman–Crippen MR) is 126 cm³/mol. The van der Waals surface area contributed by atoms with Gasteiger partial charge in [-0.15, -0.1) is 0 Å². The second kappa shape index (κ2) is 7.66. The highest BCUT2D eigenvalue weighted by atomic mass is 28.4. The molecule has 2 aromatic heterocycles. The molecule has 0 unspecified atom stereocenters. The molecule has 5 rings (SSSR count). The van der Waals surface area contributed by atoms with Crippen LogP contribution in [0.1, 0.15) is 59.6 Å². The van der Waals surface area contributed by atoms with E-state index < -0.39 is 16.6 Å². The average Bonchev–Trinajstić information content (AvgIpc) is 3.17. The van der Waals surface area contributed by atoms with E-state index in [0.717, 1.165) is 64.6 Å². The molecule has 0 atom stereocenters. The van der Waals surface area contributed by atoms with Crippen molar-refractivity contribution in [3.63, 3.8) is 0 Å². The van der Waals surface area contributed by atoms with Gasteiger partial charge in [0.05, 0.1) is 13.2 Å². The first kappa shape index (κ1) is 20.6. The van der Waals surface area contributed by atoms with Crippen LogP contribution in [0.4, 0.5) is 0 Å². The lowest BCUT2D eigenvalue weighted by molar-refractivity contribution is 0.320. The molecule has 160 valence electrons. The van der Waals surface area contributed by atoms with E-state index in [4.69, 9.17) is 18.8 Å². The number of hydrogen-bond acceptors (Lipinski definition) is 4. The molecule has 0 aromatic carbocycles. The van der Waals surface area contributed by atoms with Gasteiger partial charge in [0.1, 0.15) is 0 Å². The smallest absolute Gasteiger partial charge is 0.220 e. The Balaban J connectivity index is 1.44. The van der Waals surface area contributed by atoms with Gasteiger partial charge in [0.25, 0.3) is 0 Å². The van der Waals surface area contributed by atoms with Crippen molar-refractivity contribution in [2.75, 3.05) is 0 Å². The fraction of sp³-hybridized carbons (Fsp3) is 0.583. The molecule has 0 saturated carbocycles.